The van der Waals surface area contributed by atoms with E-state index in [0.29, 0.717) is 0 Å². The van der Waals surface area contributed by atoms with E-state index in [1.54, 1.807) is 0 Å². The standard InChI is InChI=1S/C13H18BrN3S/c1-3-17-12-5-4-9(14)8-11(12)16-13(17)10(15)6-7-18-2/h4-5,8,10H,3,6-7,15H2,1-2H3. The van der Waals surface area contributed by atoms with Crippen molar-refractivity contribution in [3.63, 3.8) is 0 Å². The highest BCUT2D eigenvalue weighted by Crippen LogP contribution is 2.24. The van der Waals surface area contributed by atoms with E-state index in [-0.39, 0.29) is 6.04 Å². The van der Waals surface area contributed by atoms with Gasteiger partial charge in [0.15, 0.2) is 0 Å². The normalized spacial score (nSPS) is 13.1. The van der Waals surface area contributed by atoms with Crippen molar-refractivity contribution in [1.82, 2.24) is 9.55 Å². The van der Waals surface area contributed by atoms with Crippen molar-refractivity contribution >= 4 is 38.7 Å². The largest absolute Gasteiger partial charge is 0.327 e. The molecule has 18 heavy (non-hydrogen) atoms. The van der Waals surface area contributed by atoms with Crippen LogP contribution in [0.3, 0.4) is 0 Å². The molecule has 0 amide bonds. The maximum Gasteiger partial charge on any atom is 0.126 e. The van der Waals surface area contributed by atoms with E-state index in [0.717, 1.165) is 40.0 Å². The van der Waals surface area contributed by atoms with Gasteiger partial charge >= 0.3 is 0 Å². The Labute approximate surface area is 120 Å². The molecule has 1 unspecified atom stereocenters. The summed E-state index contributed by atoms with van der Waals surface area (Å²) in [6, 6.07) is 6.21. The molecule has 0 aliphatic rings. The third-order valence-electron chi connectivity index (χ3n) is 3.02. The zero-order chi connectivity index (χ0) is 13.1. The summed E-state index contributed by atoms with van der Waals surface area (Å²) in [5.74, 6) is 2.07. The molecule has 0 saturated heterocycles. The van der Waals surface area contributed by atoms with Gasteiger partial charge in [-0.1, -0.05) is 15.9 Å². The maximum atomic E-state index is 6.25. The molecule has 0 fully saturated rings. The van der Waals surface area contributed by atoms with E-state index in [1.807, 2.05) is 23.9 Å². The van der Waals surface area contributed by atoms with Gasteiger partial charge in [0.05, 0.1) is 17.1 Å². The summed E-state index contributed by atoms with van der Waals surface area (Å²) >= 11 is 5.31. The van der Waals surface area contributed by atoms with Gasteiger partial charge in [-0.05, 0) is 43.6 Å². The number of aryl methyl sites for hydroxylation is 1. The highest BCUT2D eigenvalue weighted by molar-refractivity contribution is 9.10. The van der Waals surface area contributed by atoms with Gasteiger partial charge < -0.3 is 10.3 Å². The number of hydrogen-bond donors (Lipinski definition) is 1. The van der Waals surface area contributed by atoms with Crippen LogP contribution in [0.1, 0.15) is 25.2 Å². The monoisotopic (exact) mass is 327 g/mol. The summed E-state index contributed by atoms with van der Waals surface area (Å²) in [6.07, 6.45) is 3.07. The summed E-state index contributed by atoms with van der Waals surface area (Å²) in [4.78, 5) is 4.70. The topological polar surface area (TPSA) is 43.8 Å². The van der Waals surface area contributed by atoms with E-state index >= 15 is 0 Å². The Balaban J connectivity index is 2.43. The molecule has 2 rings (SSSR count). The first-order chi connectivity index (χ1) is 8.67. The molecule has 98 valence electrons. The molecular weight excluding hydrogens is 310 g/mol. The van der Waals surface area contributed by atoms with Gasteiger partial charge in [0.2, 0.25) is 0 Å². The Bertz CT molecular complexity index is 538. The Morgan fingerprint density at radius 3 is 2.94 bits per heavy atom. The molecular formula is C13H18BrN3S. The van der Waals surface area contributed by atoms with Crippen LogP contribution in [-0.2, 0) is 6.54 Å². The van der Waals surface area contributed by atoms with Crippen LogP contribution in [0.2, 0.25) is 0 Å². The quantitative estimate of drug-likeness (QED) is 0.912. The lowest BCUT2D eigenvalue weighted by Crippen LogP contribution is -2.17. The molecule has 1 heterocycles. The second-order valence-corrected chi connectivity index (χ2v) is 6.14. The maximum absolute atomic E-state index is 6.25. The first kappa shape index (κ1) is 13.9. The van der Waals surface area contributed by atoms with Gasteiger partial charge in [-0.15, -0.1) is 0 Å². The van der Waals surface area contributed by atoms with Crippen LogP contribution >= 0.6 is 27.7 Å². The average molecular weight is 328 g/mol. The summed E-state index contributed by atoms with van der Waals surface area (Å²) in [5, 5.41) is 0. The van der Waals surface area contributed by atoms with Crippen LogP contribution in [0, 0.1) is 0 Å². The van der Waals surface area contributed by atoms with Crippen molar-refractivity contribution in [1.29, 1.82) is 0 Å². The summed E-state index contributed by atoms with van der Waals surface area (Å²) in [5.41, 5.74) is 8.43. The molecule has 3 nitrogen and oxygen atoms in total. The van der Waals surface area contributed by atoms with Crippen molar-refractivity contribution in [3.05, 3.63) is 28.5 Å². The van der Waals surface area contributed by atoms with Crippen molar-refractivity contribution in [3.8, 4) is 0 Å². The molecule has 2 aromatic rings. The smallest absolute Gasteiger partial charge is 0.126 e. The van der Waals surface area contributed by atoms with Crippen LogP contribution in [0.5, 0.6) is 0 Å². The lowest BCUT2D eigenvalue weighted by atomic mass is 10.2. The molecule has 0 spiro atoms. The predicted molar refractivity (Wildman–Crippen MR) is 83.0 cm³/mol. The van der Waals surface area contributed by atoms with Crippen LogP contribution in [0.15, 0.2) is 22.7 Å². The molecule has 0 aliphatic heterocycles. The van der Waals surface area contributed by atoms with E-state index < -0.39 is 0 Å². The van der Waals surface area contributed by atoms with Gasteiger partial charge in [0.1, 0.15) is 5.82 Å². The van der Waals surface area contributed by atoms with E-state index in [2.05, 4.69) is 39.7 Å². The van der Waals surface area contributed by atoms with Gasteiger partial charge in [0.25, 0.3) is 0 Å². The van der Waals surface area contributed by atoms with E-state index in [1.165, 1.54) is 0 Å². The molecule has 5 heteroatoms. The lowest BCUT2D eigenvalue weighted by molar-refractivity contribution is 0.601. The van der Waals surface area contributed by atoms with Crippen molar-refractivity contribution in [2.75, 3.05) is 12.0 Å². The van der Waals surface area contributed by atoms with Crippen molar-refractivity contribution in [2.24, 2.45) is 5.73 Å². The minimum Gasteiger partial charge on any atom is -0.327 e. The number of aromatic nitrogens is 2. The molecule has 0 saturated carbocycles. The number of imidazole rings is 1. The molecule has 1 aromatic carbocycles. The number of benzene rings is 1. The van der Waals surface area contributed by atoms with Crippen LogP contribution in [0.25, 0.3) is 11.0 Å². The zero-order valence-corrected chi connectivity index (χ0v) is 13.1. The van der Waals surface area contributed by atoms with Crippen molar-refractivity contribution in [2.45, 2.75) is 25.9 Å². The minimum atomic E-state index is 0.0172. The number of halogens is 1. The fourth-order valence-corrected chi connectivity index (χ4v) is 2.95. The van der Waals surface area contributed by atoms with Gasteiger partial charge in [-0.3, -0.25) is 0 Å². The minimum absolute atomic E-state index is 0.0172. The zero-order valence-electron chi connectivity index (χ0n) is 10.7. The van der Waals surface area contributed by atoms with E-state index in [4.69, 9.17) is 10.7 Å². The highest BCUT2D eigenvalue weighted by atomic mass is 79.9. The Morgan fingerprint density at radius 1 is 1.50 bits per heavy atom. The SMILES string of the molecule is CCn1c(C(N)CCSC)nc2cc(Br)ccc21. The molecule has 0 bridgehead atoms. The molecule has 0 aliphatic carbocycles. The van der Waals surface area contributed by atoms with Crippen LogP contribution in [-0.4, -0.2) is 21.6 Å². The molecule has 2 N–H and O–H groups in total. The van der Waals surface area contributed by atoms with Gasteiger partial charge in [-0.25, -0.2) is 4.98 Å². The number of nitrogens with two attached hydrogens (primary N) is 1. The second kappa shape index (κ2) is 6.08. The van der Waals surface area contributed by atoms with E-state index in [9.17, 15) is 0 Å². The second-order valence-electron chi connectivity index (χ2n) is 4.24. The number of hydrogen-bond acceptors (Lipinski definition) is 3. The molecule has 1 atom stereocenters. The highest BCUT2D eigenvalue weighted by Gasteiger charge is 2.15. The average Bonchev–Trinajstić information content (AvgIpc) is 2.73. The first-order valence-electron chi connectivity index (χ1n) is 6.07. The summed E-state index contributed by atoms with van der Waals surface area (Å²) in [6.45, 7) is 3.04. The summed E-state index contributed by atoms with van der Waals surface area (Å²) < 4.78 is 3.27. The number of nitrogens with zero attached hydrogens (tertiary/aromatic N) is 2. The van der Waals surface area contributed by atoms with Crippen LogP contribution < -0.4 is 5.73 Å². The van der Waals surface area contributed by atoms with Crippen molar-refractivity contribution < 1.29 is 0 Å². The lowest BCUT2D eigenvalue weighted by Gasteiger charge is -2.12. The fraction of sp³-hybridized carbons (Fsp3) is 0.462. The first-order valence-corrected chi connectivity index (χ1v) is 8.26. The summed E-state index contributed by atoms with van der Waals surface area (Å²) in [7, 11) is 0. The number of fused-ring (bicyclic) bond motifs is 1. The molecule has 1 aromatic heterocycles. The third-order valence-corrected chi connectivity index (χ3v) is 4.16. The predicted octanol–water partition coefficient (Wildman–Crippen LogP) is 3.57. The fourth-order valence-electron chi connectivity index (χ4n) is 2.11. The van der Waals surface area contributed by atoms with Gasteiger partial charge in [0, 0.05) is 11.0 Å². The molecule has 0 radical (unpaired) electrons. The number of thioether (sulfide) groups is 1. The Kier molecular flexibility index (Phi) is 4.70. The number of rotatable bonds is 5. The van der Waals surface area contributed by atoms with Crippen LogP contribution in [0.4, 0.5) is 0 Å². The van der Waals surface area contributed by atoms with Gasteiger partial charge in [-0.2, -0.15) is 11.8 Å². The third kappa shape index (κ3) is 2.73. The Hall–Kier alpha value is -0.520. The Morgan fingerprint density at radius 2 is 2.28 bits per heavy atom.